The van der Waals surface area contributed by atoms with E-state index < -0.39 is 0 Å². The maximum Gasteiger partial charge on any atom is 0.234 e. The van der Waals surface area contributed by atoms with E-state index in [9.17, 15) is 9.18 Å². The molecule has 19 heavy (non-hydrogen) atoms. The van der Waals surface area contributed by atoms with Gasteiger partial charge in [-0.05, 0) is 49.9 Å². The fourth-order valence-electron chi connectivity index (χ4n) is 2.81. The van der Waals surface area contributed by atoms with Crippen molar-refractivity contribution in [3.63, 3.8) is 0 Å². The topological polar surface area (TPSA) is 41.1 Å². The van der Waals surface area contributed by atoms with E-state index in [-0.39, 0.29) is 17.8 Å². The summed E-state index contributed by atoms with van der Waals surface area (Å²) in [5, 5.41) is 5.94. The Hall–Kier alpha value is -1.42. The third-order valence-corrected chi connectivity index (χ3v) is 3.75. The number of halogens is 1. The molecule has 1 saturated carbocycles. The van der Waals surface area contributed by atoms with Crippen LogP contribution < -0.4 is 10.6 Å². The number of benzene rings is 1. The minimum atomic E-state index is -0.200. The quantitative estimate of drug-likeness (QED) is 0.852. The molecule has 1 aromatic rings. The molecular weight excluding hydrogens is 243 g/mol. The van der Waals surface area contributed by atoms with Crippen molar-refractivity contribution in [2.24, 2.45) is 5.92 Å². The van der Waals surface area contributed by atoms with Crippen molar-refractivity contribution in [3.8, 4) is 0 Å². The second-order valence-electron chi connectivity index (χ2n) is 5.23. The van der Waals surface area contributed by atoms with E-state index in [0.29, 0.717) is 12.5 Å². The zero-order valence-corrected chi connectivity index (χ0v) is 11.3. The Balaban J connectivity index is 1.91. The number of rotatable bonds is 5. The Morgan fingerprint density at radius 1 is 1.32 bits per heavy atom. The van der Waals surface area contributed by atoms with Gasteiger partial charge in [-0.25, -0.2) is 4.39 Å². The molecule has 2 atom stereocenters. The summed E-state index contributed by atoms with van der Waals surface area (Å²) >= 11 is 0. The highest BCUT2D eigenvalue weighted by atomic mass is 19.1. The van der Waals surface area contributed by atoms with Crippen molar-refractivity contribution in [3.05, 3.63) is 35.6 Å². The van der Waals surface area contributed by atoms with Gasteiger partial charge >= 0.3 is 0 Å². The van der Waals surface area contributed by atoms with E-state index in [0.717, 1.165) is 31.2 Å². The van der Waals surface area contributed by atoms with Crippen molar-refractivity contribution in [1.82, 2.24) is 10.6 Å². The molecule has 2 N–H and O–H groups in total. The largest absolute Gasteiger partial charge is 0.352 e. The van der Waals surface area contributed by atoms with E-state index in [2.05, 4.69) is 10.6 Å². The first-order chi connectivity index (χ1) is 9.19. The van der Waals surface area contributed by atoms with E-state index in [1.807, 2.05) is 12.1 Å². The van der Waals surface area contributed by atoms with Crippen LogP contribution in [0.5, 0.6) is 0 Å². The lowest BCUT2D eigenvalue weighted by Gasteiger charge is -2.21. The van der Waals surface area contributed by atoms with Gasteiger partial charge in [0.2, 0.25) is 5.91 Å². The molecule has 1 aliphatic rings. The fraction of sp³-hybridized carbons (Fsp3) is 0.533. The molecule has 0 radical (unpaired) electrons. The molecule has 3 nitrogen and oxygen atoms in total. The van der Waals surface area contributed by atoms with E-state index in [4.69, 9.17) is 0 Å². The van der Waals surface area contributed by atoms with Gasteiger partial charge in [0.15, 0.2) is 0 Å². The van der Waals surface area contributed by atoms with Crippen molar-refractivity contribution in [1.29, 1.82) is 0 Å². The van der Waals surface area contributed by atoms with Crippen LogP contribution >= 0.6 is 0 Å². The predicted molar refractivity (Wildman–Crippen MR) is 73.3 cm³/mol. The minimum absolute atomic E-state index is 0.0542. The summed E-state index contributed by atoms with van der Waals surface area (Å²) in [5.41, 5.74) is 1.14. The molecule has 104 valence electrons. The standard InChI is InChI=1S/C15H21FN2O/c1-17-10-15(19)18-14-4-2-3-12(14)9-11-5-7-13(16)8-6-11/h5-8,12,14,17H,2-4,9-10H2,1H3,(H,18,19)/t12-,14-/m1/s1. The Morgan fingerprint density at radius 2 is 2.05 bits per heavy atom. The van der Waals surface area contributed by atoms with Gasteiger partial charge in [-0.3, -0.25) is 4.79 Å². The van der Waals surface area contributed by atoms with Crippen LogP contribution in [0.1, 0.15) is 24.8 Å². The Kier molecular flexibility index (Phi) is 4.91. The van der Waals surface area contributed by atoms with Gasteiger partial charge in [-0.2, -0.15) is 0 Å². The summed E-state index contributed by atoms with van der Waals surface area (Å²) in [6, 6.07) is 6.92. The number of carbonyl (C=O) groups is 1. The predicted octanol–water partition coefficient (Wildman–Crippen LogP) is 1.87. The molecule has 0 saturated heterocycles. The normalized spacial score (nSPS) is 22.4. The van der Waals surface area contributed by atoms with Crippen LogP contribution in [0.25, 0.3) is 0 Å². The summed E-state index contributed by atoms with van der Waals surface area (Å²) in [7, 11) is 1.77. The monoisotopic (exact) mass is 264 g/mol. The van der Waals surface area contributed by atoms with Crippen LogP contribution in [-0.2, 0) is 11.2 Å². The van der Waals surface area contributed by atoms with Gasteiger partial charge in [0.05, 0.1) is 6.54 Å². The summed E-state index contributed by atoms with van der Waals surface area (Å²) in [5.74, 6) is 0.318. The molecule has 1 amide bonds. The van der Waals surface area contributed by atoms with Crippen LogP contribution in [0.4, 0.5) is 4.39 Å². The van der Waals surface area contributed by atoms with Crippen molar-refractivity contribution in [2.45, 2.75) is 31.7 Å². The number of carbonyl (C=O) groups excluding carboxylic acids is 1. The van der Waals surface area contributed by atoms with E-state index in [1.54, 1.807) is 7.05 Å². The molecule has 2 rings (SSSR count). The van der Waals surface area contributed by atoms with Crippen molar-refractivity contribution in [2.75, 3.05) is 13.6 Å². The smallest absolute Gasteiger partial charge is 0.234 e. The van der Waals surface area contributed by atoms with Crippen molar-refractivity contribution >= 4 is 5.91 Å². The lowest BCUT2D eigenvalue weighted by atomic mass is 9.94. The van der Waals surface area contributed by atoms with Gasteiger partial charge < -0.3 is 10.6 Å². The lowest BCUT2D eigenvalue weighted by molar-refractivity contribution is -0.121. The number of hydrogen-bond acceptors (Lipinski definition) is 2. The molecule has 0 unspecified atom stereocenters. The van der Waals surface area contributed by atoms with Crippen molar-refractivity contribution < 1.29 is 9.18 Å². The second-order valence-corrected chi connectivity index (χ2v) is 5.23. The van der Waals surface area contributed by atoms with Gasteiger partial charge in [-0.15, -0.1) is 0 Å². The first-order valence-electron chi connectivity index (χ1n) is 6.87. The second kappa shape index (κ2) is 6.66. The van der Waals surface area contributed by atoms with Gasteiger partial charge in [0, 0.05) is 6.04 Å². The third-order valence-electron chi connectivity index (χ3n) is 3.75. The molecule has 1 fully saturated rings. The Morgan fingerprint density at radius 3 is 2.74 bits per heavy atom. The third kappa shape index (κ3) is 4.03. The van der Waals surface area contributed by atoms with E-state index in [1.165, 1.54) is 12.1 Å². The summed E-state index contributed by atoms with van der Waals surface area (Å²) < 4.78 is 12.9. The SMILES string of the molecule is CNCC(=O)N[C@@H]1CCC[C@@H]1Cc1ccc(F)cc1. The molecule has 0 aliphatic heterocycles. The first kappa shape index (κ1) is 14.0. The highest BCUT2D eigenvalue weighted by Crippen LogP contribution is 2.28. The van der Waals surface area contributed by atoms with Crippen LogP contribution in [0.2, 0.25) is 0 Å². The van der Waals surface area contributed by atoms with E-state index >= 15 is 0 Å². The number of hydrogen-bond donors (Lipinski definition) is 2. The van der Waals surface area contributed by atoms with Gasteiger partial charge in [-0.1, -0.05) is 18.6 Å². The summed E-state index contributed by atoms with van der Waals surface area (Å²) in [4.78, 5) is 11.6. The zero-order chi connectivity index (χ0) is 13.7. The summed E-state index contributed by atoms with van der Waals surface area (Å²) in [6.45, 7) is 0.361. The Bertz CT molecular complexity index is 419. The number of amides is 1. The number of likely N-dealkylation sites (N-methyl/N-ethyl adjacent to an activating group) is 1. The molecule has 0 heterocycles. The average molecular weight is 264 g/mol. The van der Waals surface area contributed by atoms with Gasteiger partial charge in [0.1, 0.15) is 5.82 Å². The molecule has 0 aromatic heterocycles. The number of nitrogens with one attached hydrogen (secondary N) is 2. The van der Waals surface area contributed by atoms with Crippen LogP contribution in [0.15, 0.2) is 24.3 Å². The molecule has 1 aromatic carbocycles. The highest BCUT2D eigenvalue weighted by Gasteiger charge is 2.28. The van der Waals surface area contributed by atoms with Crippen LogP contribution in [-0.4, -0.2) is 25.5 Å². The molecule has 0 spiro atoms. The molecule has 4 heteroatoms. The zero-order valence-electron chi connectivity index (χ0n) is 11.3. The average Bonchev–Trinajstić information content (AvgIpc) is 2.80. The van der Waals surface area contributed by atoms with Gasteiger partial charge in [0.25, 0.3) is 0 Å². The fourth-order valence-corrected chi connectivity index (χ4v) is 2.81. The maximum absolute atomic E-state index is 12.9. The maximum atomic E-state index is 12.9. The highest BCUT2D eigenvalue weighted by molar-refractivity contribution is 5.78. The summed E-state index contributed by atoms with van der Waals surface area (Å²) in [6.07, 6.45) is 4.23. The molecular formula is C15H21FN2O. The molecule has 1 aliphatic carbocycles. The van der Waals surface area contributed by atoms with Crippen LogP contribution in [0, 0.1) is 11.7 Å². The minimum Gasteiger partial charge on any atom is -0.352 e. The van der Waals surface area contributed by atoms with Crippen LogP contribution in [0.3, 0.4) is 0 Å². The molecule has 0 bridgehead atoms. The lowest BCUT2D eigenvalue weighted by Crippen LogP contribution is -2.41. The Labute approximate surface area is 113 Å². The first-order valence-corrected chi connectivity index (χ1v) is 6.87.